The molecule has 3 nitrogen and oxygen atoms in total. The summed E-state index contributed by atoms with van der Waals surface area (Å²) in [4.78, 5) is 19.1. The smallest absolute Gasteiger partial charge is 0.254 e. The minimum atomic E-state index is -0.119. The molecular formula is C17H25ClN2O. The van der Waals surface area contributed by atoms with Gasteiger partial charge < -0.3 is 4.90 Å². The lowest BCUT2D eigenvalue weighted by molar-refractivity contribution is 0.0747. The van der Waals surface area contributed by atoms with Crippen LogP contribution in [0.1, 0.15) is 63.0 Å². The molecule has 0 radical (unpaired) electrons. The number of pyridine rings is 1. The summed E-state index contributed by atoms with van der Waals surface area (Å²) in [5.41, 5.74) is 1.40. The van der Waals surface area contributed by atoms with Gasteiger partial charge >= 0.3 is 0 Å². The molecule has 1 fully saturated rings. The zero-order chi connectivity index (χ0) is 15.6. The van der Waals surface area contributed by atoms with Crippen LogP contribution in [0.2, 0.25) is 5.15 Å². The van der Waals surface area contributed by atoms with Crippen LogP contribution in [0.15, 0.2) is 12.1 Å². The zero-order valence-electron chi connectivity index (χ0n) is 13.4. The lowest BCUT2D eigenvalue weighted by Crippen LogP contribution is -2.34. The molecule has 0 unspecified atom stereocenters. The molecule has 1 aromatic heterocycles. The fraction of sp³-hybridized carbons (Fsp3) is 0.647. The molecule has 1 saturated carbocycles. The van der Waals surface area contributed by atoms with Gasteiger partial charge in [0.25, 0.3) is 5.91 Å². The minimum Gasteiger partial charge on any atom is -0.338 e. The molecule has 1 amide bonds. The number of halogens is 1. The normalized spacial score (nSPS) is 15.1. The van der Waals surface area contributed by atoms with Crippen molar-refractivity contribution < 1.29 is 4.79 Å². The molecule has 1 aliphatic rings. The molecule has 0 N–H and O–H groups in total. The first-order chi connectivity index (χ1) is 9.81. The monoisotopic (exact) mass is 308 g/mol. The number of rotatable bonds is 5. The number of amides is 1. The van der Waals surface area contributed by atoms with Crippen molar-refractivity contribution in [1.29, 1.82) is 0 Å². The van der Waals surface area contributed by atoms with Crippen molar-refractivity contribution >= 4 is 17.5 Å². The Labute approximate surface area is 132 Å². The highest BCUT2D eigenvalue weighted by molar-refractivity contribution is 6.29. The Balaban J connectivity index is 2.25. The summed E-state index contributed by atoms with van der Waals surface area (Å²) < 4.78 is 0. The Bertz CT molecular complexity index is 518. The Hall–Kier alpha value is -1.09. The molecule has 21 heavy (non-hydrogen) atoms. The number of carbonyl (C=O) groups excluding carboxylic acids is 1. The standard InChI is InChI=1S/C17H25ClN2O/c1-5-8-20(11-12-6-7-12)16(21)13-9-14(17(2,3)4)19-15(18)10-13/h9-10,12H,5-8,11H2,1-4H3. The summed E-state index contributed by atoms with van der Waals surface area (Å²) >= 11 is 6.12. The highest BCUT2D eigenvalue weighted by atomic mass is 35.5. The number of aromatic nitrogens is 1. The van der Waals surface area contributed by atoms with Gasteiger partial charge in [0.15, 0.2) is 0 Å². The van der Waals surface area contributed by atoms with E-state index in [-0.39, 0.29) is 11.3 Å². The predicted octanol–water partition coefficient (Wildman–Crippen LogP) is 4.29. The van der Waals surface area contributed by atoms with E-state index in [9.17, 15) is 4.79 Å². The Morgan fingerprint density at radius 2 is 2.05 bits per heavy atom. The fourth-order valence-corrected chi connectivity index (χ4v) is 2.55. The fourth-order valence-electron chi connectivity index (χ4n) is 2.34. The van der Waals surface area contributed by atoms with E-state index in [0.717, 1.165) is 25.2 Å². The third-order valence-electron chi connectivity index (χ3n) is 3.77. The van der Waals surface area contributed by atoms with Gasteiger partial charge in [0, 0.05) is 29.8 Å². The average molecular weight is 309 g/mol. The van der Waals surface area contributed by atoms with Crippen LogP contribution in [-0.2, 0) is 5.41 Å². The summed E-state index contributed by atoms with van der Waals surface area (Å²) in [6.07, 6.45) is 3.47. The average Bonchev–Trinajstić information content (AvgIpc) is 3.19. The molecule has 0 aliphatic heterocycles. The van der Waals surface area contributed by atoms with Crippen molar-refractivity contribution in [3.8, 4) is 0 Å². The molecule has 116 valence electrons. The second-order valence-electron chi connectivity index (χ2n) is 7.01. The molecule has 0 saturated heterocycles. The van der Waals surface area contributed by atoms with Crippen molar-refractivity contribution in [3.05, 3.63) is 28.5 Å². The molecule has 1 heterocycles. The van der Waals surface area contributed by atoms with E-state index >= 15 is 0 Å². The molecular weight excluding hydrogens is 284 g/mol. The maximum Gasteiger partial charge on any atom is 0.254 e. The van der Waals surface area contributed by atoms with E-state index < -0.39 is 0 Å². The summed E-state index contributed by atoms with van der Waals surface area (Å²) in [5, 5.41) is 0.397. The molecule has 2 rings (SSSR count). The van der Waals surface area contributed by atoms with E-state index in [1.807, 2.05) is 11.0 Å². The van der Waals surface area contributed by atoms with Crippen LogP contribution in [-0.4, -0.2) is 28.9 Å². The second-order valence-corrected chi connectivity index (χ2v) is 7.40. The van der Waals surface area contributed by atoms with Gasteiger partial charge in [-0.05, 0) is 37.3 Å². The molecule has 1 aromatic rings. The topological polar surface area (TPSA) is 33.2 Å². The highest BCUT2D eigenvalue weighted by Gasteiger charge is 2.28. The summed E-state index contributed by atoms with van der Waals surface area (Å²) in [6.45, 7) is 10.0. The van der Waals surface area contributed by atoms with Crippen LogP contribution in [0.5, 0.6) is 0 Å². The number of carbonyl (C=O) groups is 1. The van der Waals surface area contributed by atoms with Crippen LogP contribution in [0.4, 0.5) is 0 Å². The zero-order valence-corrected chi connectivity index (χ0v) is 14.2. The number of hydrogen-bond acceptors (Lipinski definition) is 2. The van der Waals surface area contributed by atoms with Crippen molar-refractivity contribution in [1.82, 2.24) is 9.88 Å². The summed E-state index contributed by atoms with van der Waals surface area (Å²) in [7, 11) is 0. The summed E-state index contributed by atoms with van der Waals surface area (Å²) in [6, 6.07) is 3.58. The van der Waals surface area contributed by atoms with E-state index in [1.54, 1.807) is 6.07 Å². The second kappa shape index (κ2) is 6.35. The van der Waals surface area contributed by atoms with Gasteiger partial charge in [0.2, 0.25) is 0 Å². The first-order valence-corrected chi connectivity index (χ1v) is 8.16. The quantitative estimate of drug-likeness (QED) is 0.760. The molecule has 0 aromatic carbocycles. The Kier molecular flexibility index (Phi) is 4.92. The van der Waals surface area contributed by atoms with Crippen LogP contribution in [0.25, 0.3) is 0 Å². The lowest BCUT2D eigenvalue weighted by atomic mass is 9.90. The summed E-state index contributed by atoms with van der Waals surface area (Å²) in [5.74, 6) is 0.776. The molecule has 0 atom stereocenters. The maximum atomic E-state index is 12.8. The third kappa shape index (κ3) is 4.44. The van der Waals surface area contributed by atoms with Crippen molar-refractivity contribution in [2.24, 2.45) is 5.92 Å². The largest absolute Gasteiger partial charge is 0.338 e. The van der Waals surface area contributed by atoms with E-state index in [2.05, 4.69) is 32.7 Å². The lowest BCUT2D eigenvalue weighted by Gasteiger charge is -2.24. The van der Waals surface area contributed by atoms with Crippen LogP contribution >= 0.6 is 11.6 Å². The first kappa shape index (κ1) is 16.3. The van der Waals surface area contributed by atoms with Crippen LogP contribution in [0, 0.1) is 5.92 Å². The third-order valence-corrected chi connectivity index (χ3v) is 3.96. The van der Waals surface area contributed by atoms with Gasteiger partial charge in [-0.15, -0.1) is 0 Å². The van der Waals surface area contributed by atoms with Gasteiger partial charge in [-0.25, -0.2) is 4.98 Å². The molecule has 4 heteroatoms. The van der Waals surface area contributed by atoms with Gasteiger partial charge in [0.1, 0.15) is 5.15 Å². The Morgan fingerprint density at radius 3 is 2.57 bits per heavy atom. The highest BCUT2D eigenvalue weighted by Crippen LogP contribution is 2.30. The molecule has 0 spiro atoms. The molecule has 1 aliphatic carbocycles. The number of nitrogens with zero attached hydrogens (tertiary/aromatic N) is 2. The van der Waals surface area contributed by atoms with Crippen molar-refractivity contribution in [2.45, 2.75) is 52.4 Å². The van der Waals surface area contributed by atoms with Crippen LogP contribution < -0.4 is 0 Å². The van der Waals surface area contributed by atoms with Gasteiger partial charge in [-0.3, -0.25) is 4.79 Å². The SMILES string of the molecule is CCCN(CC1CC1)C(=O)c1cc(Cl)nc(C(C)(C)C)c1. The van der Waals surface area contributed by atoms with E-state index in [0.29, 0.717) is 16.6 Å². The Morgan fingerprint density at radius 1 is 1.38 bits per heavy atom. The minimum absolute atomic E-state index is 0.0820. The van der Waals surface area contributed by atoms with E-state index in [4.69, 9.17) is 11.6 Å². The van der Waals surface area contributed by atoms with E-state index in [1.165, 1.54) is 12.8 Å². The van der Waals surface area contributed by atoms with Crippen molar-refractivity contribution in [2.75, 3.05) is 13.1 Å². The van der Waals surface area contributed by atoms with Crippen LogP contribution in [0.3, 0.4) is 0 Å². The van der Waals surface area contributed by atoms with Gasteiger partial charge in [-0.1, -0.05) is 39.3 Å². The first-order valence-electron chi connectivity index (χ1n) is 7.78. The molecule has 0 bridgehead atoms. The van der Waals surface area contributed by atoms with Gasteiger partial charge in [0.05, 0.1) is 0 Å². The number of hydrogen-bond donors (Lipinski definition) is 0. The maximum absolute atomic E-state index is 12.8. The predicted molar refractivity (Wildman–Crippen MR) is 86.9 cm³/mol. The van der Waals surface area contributed by atoms with Crippen molar-refractivity contribution in [3.63, 3.8) is 0 Å². The van der Waals surface area contributed by atoms with Gasteiger partial charge in [-0.2, -0.15) is 0 Å².